The average molecular weight is 140 g/mol. The highest BCUT2D eigenvalue weighted by Crippen LogP contribution is 1.88. The molecule has 54 valence electrons. The van der Waals surface area contributed by atoms with E-state index >= 15 is 0 Å². The van der Waals surface area contributed by atoms with E-state index in [0.29, 0.717) is 5.82 Å². The quantitative estimate of drug-likeness (QED) is 0.567. The summed E-state index contributed by atoms with van der Waals surface area (Å²) in [6, 6.07) is -0.596. The van der Waals surface area contributed by atoms with Crippen molar-refractivity contribution >= 4 is 6.03 Å². The summed E-state index contributed by atoms with van der Waals surface area (Å²) in [5, 5.41) is 0. The van der Waals surface area contributed by atoms with Gasteiger partial charge in [-0.1, -0.05) is 0 Å². The lowest BCUT2D eigenvalue weighted by Crippen LogP contribution is -2.28. The summed E-state index contributed by atoms with van der Waals surface area (Å²) < 4.78 is 1.45. The predicted octanol–water partition coefficient (Wildman–Crippen LogP) is -0.186. The Hall–Kier alpha value is -1.52. The van der Waals surface area contributed by atoms with Gasteiger partial charge in [0.05, 0.1) is 0 Å². The number of aromatic nitrogens is 2. The minimum atomic E-state index is -0.596. The van der Waals surface area contributed by atoms with E-state index in [-0.39, 0.29) is 0 Å². The molecule has 0 aromatic carbocycles. The first kappa shape index (κ1) is 6.60. The second-order valence-electron chi connectivity index (χ2n) is 1.82. The fraction of sp³-hybridized carbons (Fsp3) is 0.200. The molecule has 0 unspecified atom stereocenters. The fourth-order valence-corrected chi connectivity index (χ4v) is 0.615. The lowest BCUT2D eigenvalue weighted by molar-refractivity contribution is 0.257. The molecular formula is C5H8N4O. The van der Waals surface area contributed by atoms with E-state index in [9.17, 15) is 4.79 Å². The van der Waals surface area contributed by atoms with E-state index in [2.05, 4.69) is 10.4 Å². The first-order valence-electron chi connectivity index (χ1n) is 2.76. The van der Waals surface area contributed by atoms with Crippen LogP contribution in [0.15, 0.2) is 12.4 Å². The van der Waals surface area contributed by atoms with Gasteiger partial charge >= 0.3 is 6.03 Å². The number of imidazole rings is 1. The number of rotatable bonds is 1. The number of hydrogen-bond donors (Lipinski definition) is 2. The molecular weight excluding hydrogens is 132 g/mol. The zero-order valence-electron chi connectivity index (χ0n) is 5.53. The number of hydrogen-bond acceptors (Lipinski definition) is 2. The average Bonchev–Trinajstić information content (AvgIpc) is 2.15. The Morgan fingerprint density at radius 2 is 2.60 bits per heavy atom. The molecule has 1 aromatic rings. The normalized spacial score (nSPS) is 9.30. The third kappa shape index (κ3) is 1.25. The molecule has 5 nitrogen and oxygen atoms in total. The molecule has 1 heterocycles. The minimum absolute atomic E-state index is 0.596. The van der Waals surface area contributed by atoms with Gasteiger partial charge in [-0.3, -0.25) is 0 Å². The summed E-state index contributed by atoms with van der Waals surface area (Å²) in [5.41, 5.74) is 7.20. The zero-order valence-corrected chi connectivity index (χ0v) is 5.53. The topological polar surface area (TPSA) is 72.9 Å². The summed E-state index contributed by atoms with van der Waals surface area (Å²) in [7, 11) is 0. The molecule has 2 amide bonds. The minimum Gasteiger partial charge on any atom is -0.350 e. The van der Waals surface area contributed by atoms with Crippen LogP contribution in [0.4, 0.5) is 4.79 Å². The molecule has 0 aliphatic carbocycles. The predicted molar refractivity (Wildman–Crippen MR) is 35.9 cm³/mol. The fourth-order valence-electron chi connectivity index (χ4n) is 0.615. The molecule has 0 radical (unpaired) electrons. The molecule has 0 fully saturated rings. The number of urea groups is 1. The van der Waals surface area contributed by atoms with Gasteiger partial charge < -0.3 is 5.73 Å². The highest BCUT2D eigenvalue weighted by Gasteiger charge is 1.95. The molecule has 0 saturated carbocycles. The van der Waals surface area contributed by atoms with Crippen LogP contribution in [0.25, 0.3) is 0 Å². The van der Waals surface area contributed by atoms with Crippen molar-refractivity contribution in [1.29, 1.82) is 0 Å². The Bertz CT molecular complexity index is 242. The van der Waals surface area contributed by atoms with Crippen LogP contribution in [-0.2, 0) is 0 Å². The second kappa shape index (κ2) is 2.38. The van der Waals surface area contributed by atoms with Gasteiger partial charge in [-0.05, 0) is 6.92 Å². The molecule has 10 heavy (non-hydrogen) atoms. The van der Waals surface area contributed by atoms with Crippen LogP contribution in [0.5, 0.6) is 0 Å². The molecule has 1 aromatic heterocycles. The van der Waals surface area contributed by atoms with Crippen molar-refractivity contribution < 1.29 is 4.79 Å². The van der Waals surface area contributed by atoms with Crippen molar-refractivity contribution in [1.82, 2.24) is 9.66 Å². The first-order chi connectivity index (χ1) is 4.70. The first-order valence-corrected chi connectivity index (χ1v) is 2.76. The highest BCUT2D eigenvalue weighted by atomic mass is 16.2. The number of primary amides is 1. The van der Waals surface area contributed by atoms with Gasteiger partial charge in [0.15, 0.2) is 0 Å². The van der Waals surface area contributed by atoms with Crippen LogP contribution in [0.1, 0.15) is 5.82 Å². The summed E-state index contributed by atoms with van der Waals surface area (Å²) in [5.74, 6) is 0.693. The van der Waals surface area contributed by atoms with E-state index < -0.39 is 6.03 Å². The van der Waals surface area contributed by atoms with E-state index in [4.69, 9.17) is 5.73 Å². The number of nitrogens with one attached hydrogen (secondary N) is 1. The van der Waals surface area contributed by atoms with Crippen LogP contribution < -0.4 is 11.2 Å². The van der Waals surface area contributed by atoms with Crippen LogP contribution in [-0.4, -0.2) is 15.7 Å². The Balaban J connectivity index is 2.74. The van der Waals surface area contributed by atoms with Crippen LogP contribution in [0, 0.1) is 6.92 Å². The molecule has 3 N–H and O–H groups in total. The van der Waals surface area contributed by atoms with Gasteiger partial charge in [-0.2, -0.15) is 0 Å². The number of nitrogens with two attached hydrogens (primary N) is 1. The molecule has 5 heteroatoms. The van der Waals surface area contributed by atoms with Gasteiger partial charge in [-0.25, -0.2) is 19.9 Å². The van der Waals surface area contributed by atoms with Gasteiger partial charge in [0, 0.05) is 12.4 Å². The third-order valence-electron chi connectivity index (χ3n) is 1.06. The monoisotopic (exact) mass is 140 g/mol. The Labute approximate surface area is 57.8 Å². The molecule has 0 aliphatic heterocycles. The highest BCUT2D eigenvalue weighted by molar-refractivity contribution is 5.79. The molecule has 0 saturated heterocycles. The van der Waals surface area contributed by atoms with Gasteiger partial charge in [0.2, 0.25) is 0 Å². The van der Waals surface area contributed by atoms with Crippen LogP contribution in [0.3, 0.4) is 0 Å². The maximum Gasteiger partial charge on any atom is 0.331 e. The summed E-state index contributed by atoms with van der Waals surface area (Å²) in [4.78, 5) is 14.1. The maximum atomic E-state index is 10.3. The van der Waals surface area contributed by atoms with E-state index in [1.165, 1.54) is 4.68 Å². The van der Waals surface area contributed by atoms with Crippen molar-refractivity contribution in [3.63, 3.8) is 0 Å². The smallest absolute Gasteiger partial charge is 0.331 e. The maximum absolute atomic E-state index is 10.3. The molecule has 0 aliphatic rings. The Morgan fingerprint density at radius 3 is 3.00 bits per heavy atom. The second-order valence-corrected chi connectivity index (χ2v) is 1.82. The zero-order chi connectivity index (χ0) is 7.56. The van der Waals surface area contributed by atoms with Crippen molar-refractivity contribution in [2.75, 3.05) is 5.43 Å². The Kier molecular flexibility index (Phi) is 1.57. The lowest BCUT2D eigenvalue weighted by Gasteiger charge is -2.02. The van der Waals surface area contributed by atoms with Crippen molar-refractivity contribution in [3.8, 4) is 0 Å². The van der Waals surface area contributed by atoms with Gasteiger partial charge in [-0.15, -0.1) is 0 Å². The molecule has 0 bridgehead atoms. The standard InChI is InChI=1S/C5H8N4O/c1-4-7-2-3-9(4)8-5(6)10/h2-3H,1H3,(H3,6,8,10). The number of aryl methyl sites for hydroxylation is 1. The van der Waals surface area contributed by atoms with E-state index in [1.54, 1.807) is 19.3 Å². The summed E-state index contributed by atoms with van der Waals surface area (Å²) in [6.45, 7) is 1.76. The molecule has 1 rings (SSSR count). The van der Waals surface area contributed by atoms with E-state index in [1.807, 2.05) is 0 Å². The van der Waals surface area contributed by atoms with Crippen molar-refractivity contribution in [3.05, 3.63) is 18.2 Å². The summed E-state index contributed by atoms with van der Waals surface area (Å²) in [6.07, 6.45) is 3.19. The Morgan fingerprint density at radius 1 is 1.90 bits per heavy atom. The summed E-state index contributed by atoms with van der Waals surface area (Å²) >= 11 is 0. The SMILES string of the molecule is Cc1nccn1NC(N)=O. The number of carbonyl (C=O) groups is 1. The van der Waals surface area contributed by atoms with E-state index in [0.717, 1.165) is 0 Å². The third-order valence-corrected chi connectivity index (χ3v) is 1.06. The van der Waals surface area contributed by atoms with Gasteiger partial charge in [0.25, 0.3) is 0 Å². The number of nitrogens with zero attached hydrogens (tertiary/aromatic N) is 2. The molecule has 0 atom stereocenters. The lowest BCUT2D eigenvalue weighted by atomic mass is 10.7. The van der Waals surface area contributed by atoms with Crippen molar-refractivity contribution in [2.24, 2.45) is 5.73 Å². The molecule has 0 spiro atoms. The largest absolute Gasteiger partial charge is 0.350 e. The van der Waals surface area contributed by atoms with Gasteiger partial charge in [0.1, 0.15) is 5.82 Å². The number of amides is 2. The number of carbonyl (C=O) groups excluding carboxylic acids is 1. The van der Waals surface area contributed by atoms with Crippen LogP contribution >= 0.6 is 0 Å². The van der Waals surface area contributed by atoms with Crippen LogP contribution in [0.2, 0.25) is 0 Å². The van der Waals surface area contributed by atoms with Crippen molar-refractivity contribution in [2.45, 2.75) is 6.92 Å².